The molecule has 1 aliphatic heterocycles. The topological polar surface area (TPSA) is 88.5 Å². The summed E-state index contributed by atoms with van der Waals surface area (Å²) in [6.07, 6.45) is 0. The van der Waals surface area contributed by atoms with Gasteiger partial charge < -0.3 is 18.9 Å². The van der Waals surface area contributed by atoms with E-state index < -0.39 is 0 Å². The molecule has 2 aromatic carbocycles. The van der Waals surface area contributed by atoms with Gasteiger partial charge in [0, 0.05) is 24.3 Å². The largest absolute Gasteiger partial charge is 0.493 e. The molecule has 30 heavy (non-hydrogen) atoms. The molecular formula is C20H16N4O4S2. The molecule has 8 nitrogen and oxygen atoms in total. The fraction of sp³-hybridized carbons (Fsp3) is 0.200. The first-order valence-corrected chi connectivity index (χ1v) is 10.5. The minimum Gasteiger partial charge on any atom is -0.493 e. The van der Waals surface area contributed by atoms with Crippen LogP contribution in [-0.2, 0) is 0 Å². The number of nitrogens with zero attached hydrogens (tertiary/aromatic N) is 4. The molecule has 0 unspecified atom stereocenters. The van der Waals surface area contributed by atoms with Crippen molar-refractivity contribution in [2.45, 2.75) is 20.1 Å². The first-order chi connectivity index (χ1) is 14.6. The summed E-state index contributed by atoms with van der Waals surface area (Å²) in [5, 5.41) is 3.12. The summed E-state index contributed by atoms with van der Waals surface area (Å²) in [6.45, 7) is 0. The number of fused-ring (bicyclic) bond motifs is 4. The van der Waals surface area contributed by atoms with Crippen LogP contribution < -0.4 is 18.9 Å². The van der Waals surface area contributed by atoms with Crippen molar-refractivity contribution in [2.75, 3.05) is 28.4 Å². The van der Waals surface area contributed by atoms with Gasteiger partial charge in [-0.3, -0.25) is 0 Å². The van der Waals surface area contributed by atoms with Crippen LogP contribution in [-0.4, -0.2) is 48.4 Å². The fourth-order valence-corrected chi connectivity index (χ4v) is 5.13. The van der Waals surface area contributed by atoms with E-state index in [1.165, 1.54) is 23.5 Å². The lowest BCUT2D eigenvalue weighted by atomic mass is 10.2. The summed E-state index contributed by atoms with van der Waals surface area (Å²) in [6, 6.07) is 7.30. The van der Waals surface area contributed by atoms with Gasteiger partial charge in [0.2, 0.25) is 0 Å². The van der Waals surface area contributed by atoms with Gasteiger partial charge in [0.1, 0.15) is 20.1 Å². The molecule has 2 aromatic heterocycles. The zero-order valence-electron chi connectivity index (χ0n) is 16.5. The Morgan fingerprint density at radius 1 is 0.467 bits per heavy atom. The number of methoxy groups -OCH3 is 4. The highest BCUT2D eigenvalue weighted by Crippen LogP contribution is 2.47. The van der Waals surface area contributed by atoms with Crippen LogP contribution in [0.2, 0.25) is 0 Å². The average molecular weight is 441 g/mol. The highest BCUT2D eigenvalue weighted by atomic mass is 32.2. The van der Waals surface area contributed by atoms with Crippen molar-refractivity contribution in [3.05, 3.63) is 24.3 Å². The second-order valence-corrected chi connectivity index (χ2v) is 8.22. The van der Waals surface area contributed by atoms with Gasteiger partial charge >= 0.3 is 0 Å². The van der Waals surface area contributed by atoms with E-state index in [1.54, 1.807) is 28.4 Å². The molecular weight excluding hydrogens is 424 g/mol. The van der Waals surface area contributed by atoms with Crippen molar-refractivity contribution in [1.82, 2.24) is 19.9 Å². The predicted molar refractivity (Wildman–Crippen MR) is 114 cm³/mol. The van der Waals surface area contributed by atoms with Crippen LogP contribution in [0, 0.1) is 0 Å². The van der Waals surface area contributed by atoms with E-state index in [-0.39, 0.29) is 0 Å². The van der Waals surface area contributed by atoms with Crippen LogP contribution in [0.15, 0.2) is 44.4 Å². The lowest BCUT2D eigenvalue weighted by Gasteiger charge is -2.17. The summed E-state index contributed by atoms with van der Waals surface area (Å²) >= 11 is 2.89. The van der Waals surface area contributed by atoms with E-state index in [0.717, 1.165) is 42.2 Å². The van der Waals surface area contributed by atoms with E-state index in [0.29, 0.717) is 23.0 Å². The Labute approximate surface area is 180 Å². The van der Waals surface area contributed by atoms with Gasteiger partial charge in [-0.1, -0.05) is 0 Å². The van der Waals surface area contributed by atoms with Gasteiger partial charge in [-0.25, -0.2) is 19.9 Å². The molecule has 0 saturated carbocycles. The molecule has 1 aliphatic rings. The maximum Gasteiger partial charge on any atom is 0.163 e. The number of hydrogen-bond donors (Lipinski definition) is 0. The highest BCUT2D eigenvalue weighted by Gasteiger charge is 2.25. The molecule has 0 aliphatic carbocycles. The number of benzene rings is 2. The standard InChI is InChI=1S/C20H16N4O4S2/c1-25-13-5-9-10(6-14(13)26-2)22-18-17(21-9)29-19-20(30-18)24-12-8-16(28-4)15(27-3)7-11(12)23-19/h5-8H,1-4H3. The Balaban J connectivity index is 1.62. The third-order valence-corrected chi connectivity index (χ3v) is 6.77. The maximum atomic E-state index is 5.38. The molecule has 0 N–H and O–H groups in total. The van der Waals surface area contributed by atoms with E-state index in [4.69, 9.17) is 38.9 Å². The monoisotopic (exact) mass is 440 g/mol. The van der Waals surface area contributed by atoms with Crippen LogP contribution in [0.4, 0.5) is 0 Å². The van der Waals surface area contributed by atoms with Gasteiger partial charge in [-0.15, -0.1) is 0 Å². The molecule has 0 fully saturated rings. The number of aromatic nitrogens is 4. The minimum absolute atomic E-state index is 0.611. The van der Waals surface area contributed by atoms with Gasteiger partial charge in [0.05, 0.1) is 50.5 Å². The van der Waals surface area contributed by atoms with Crippen molar-refractivity contribution in [1.29, 1.82) is 0 Å². The molecule has 0 bridgehead atoms. The normalized spacial score (nSPS) is 12.4. The minimum atomic E-state index is 0.611. The van der Waals surface area contributed by atoms with Crippen LogP contribution in [0.25, 0.3) is 22.1 Å². The Bertz CT molecular complexity index is 1120. The Morgan fingerprint density at radius 3 is 0.900 bits per heavy atom. The summed E-state index contributed by atoms with van der Waals surface area (Å²) in [5.41, 5.74) is 2.90. The van der Waals surface area contributed by atoms with Crippen LogP contribution in [0.5, 0.6) is 23.0 Å². The molecule has 3 heterocycles. The quantitative estimate of drug-likeness (QED) is 0.405. The third kappa shape index (κ3) is 3.03. The van der Waals surface area contributed by atoms with Crippen LogP contribution in [0.1, 0.15) is 0 Å². The van der Waals surface area contributed by atoms with Gasteiger partial charge in [-0.05, 0) is 23.5 Å². The number of hydrogen-bond acceptors (Lipinski definition) is 10. The average Bonchev–Trinajstić information content (AvgIpc) is 2.78. The molecule has 0 saturated heterocycles. The first-order valence-electron chi connectivity index (χ1n) is 8.86. The molecule has 0 amide bonds. The van der Waals surface area contributed by atoms with E-state index in [2.05, 4.69) is 0 Å². The Kier molecular flexibility index (Phi) is 4.67. The molecule has 4 aromatic rings. The van der Waals surface area contributed by atoms with Crippen molar-refractivity contribution in [3.8, 4) is 23.0 Å². The van der Waals surface area contributed by atoms with Crippen molar-refractivity contribution in [2.24, 2.45) is 0 Å². The second kappa shape index (κ2) is 7.37. The molecule has 0 spiro atoms. The lowest BCUT2D eigenvalue weighted by molar-refractivity contribution is 0.355. The first kappa shape index (κ1) is 19.0. The van der Waals surface area contributed by atoms with Crippen molar-refractivity contribution in [3.63, 3.8) is 0 Å². The predicted octanol–water partition coefficient (Wildman–Crippen LogP) is 4.22. The smallest absolute Gasteiger partial charge is 0.163 e. The van der Waals surface area contributed by atoms with Gasteiger partial charge in [0.25, 0.3) is 0 Å². The molecule has 152 valence electrons. The Morgan fingerprint density at radius 2 is 0.700 bits per heavy atom. The van der Waals surface area contributed by atoms with Gasteiger partial charge in [-0.2, -0.15) is 0 Å². The third-order valence-electron chi connectivity index (χ3n) is 4.60. The summed E-state index contributed by atoms with van der Waals surface area (Å²) in [5.74, 6) is 2.44. The van der Waals surface area contributed by atoms with Crippen LogP contribution in [0.3, 0.4) is 0 Å². The SMILES string of the molecule is COc1cc2nc3c(nc2cc1OC)Sc1nc2cc(OC)c(OC)cc2nc1S3. The summed E-state index contributed by atoms with van der Waals surface area (Å²) in [4.78, 5) is 19.1. The highest BCUT2D eigenvalue weighted by molar-refractivity contribution is 8.04. The van der Waals surface area contributed by atoms with E-state index in [1.807, 2.05) is 24.3 Å². The summed E-state index contributed by atoms with van der Waals surface area (Å²) < 4.78 is 21.5. The Hall–Kier alpha value is -2.98. The van der Waals surface area contributed by atoms with Crippen molar-refractivity contribution >= 4 is 45.6 Å². The second-order valence-electron chi connectivity index (χ2n) is 6.26. The molecule has 5 rings (SSSR count). The lowest BCUT2D eigenvalue weighted by Crippen LogP contribution is -2.02. The van der Waals surface area contributed by atoms with Crippen LogP contribution >= 0.6 is 23.5 Å². The number of rotatable bonds is 4. The van der Waals surface area contributed by atoms with Crippen molar-refractivity contribution < 1.29 is 18.9 Å². The molecule has 10 heteroatoms. The van der Waals surface area contributed by atoms with E-state index in [9.17, 15) is 0 Å². The molecule has 0 atom stereocenters. The zero-order valence-corrected chi connectivity index (χ0v) is 18.2. The van der Waals surface area contributed by atoms with Gasteiger partial charge in [0.15, 0.2) is 23.0 Å². The van der Waals surface area contributed by atoms with E-state index >= 15 is 0 Å². The zero-order chi connectivity index (χ0) is 20.8. The molecule has 0 radical (unpaired) electrons. The fourth-order valence-electron chi connectivity index (χ4n) is 3.15. The number of ether oxygens (including phenoxy) is 4. The summed E-state index contributed by atoms with van der Waals surface area (Å²) in [7, 11) is 6.39. The maximum absolute atomic E-state index is 5.38.